The number of rotatable bonds is 4. The second kappa shape index (κ2) is 7.97. The number of carbonyl (C=O) groups excluding carboxylic acids is 1. The number of non-ortho nitro benzene ring substituents is 1. The van der Waals surface area contributed by atoms with Crippen LogP contribution in [0.1, 0.15) is 11.1 Å². The minimum atomic E-state index is -0.378. The predicted molar refractivity (Wildman–Crippen MR) is 100 cm³/mol. The number of nitrogens with one attached hydrogen (secondary N) is 1. The van der Waals surface area contributed by atoms with E-state index in [1.54, 1.807) is 17.0 Å². The summed E-state index contributed by atoms with van der Waals surface area (Å²) >= 11 is 0. The van der Waals surface area contributed by atoms with Gasteiger partial charge >= 0.3 is 6.03 Å². The molecule has 7 heteroatoms. The van der Waals surface area contributed by atoms with Gasteiger partial charge in [-0.25, -0.2) is 4.79 Å². The summed E-state index contributed by atoms with van der Waals surface area (Å²) in [4.78, 5) is 26.9. The normalized spacial score (nSPS) is 14.9. The quantitative estimate of drug-likeness (QED) is 0.675. The van der Waals surface area contributed by atoms with Gasteiger partial charge in [-0.15, -0.1) is 0 Å². The van der Waals surface area contributed by atoms with Crippen molar-refractivity contribution < 1.29 is 9.72 Å². The molecule has 0 bridgehead atoms. The SMILES string of the molecule is Cc1ccc(NC(=O)N2CCN(Cc3cccc([N+](=O)[O-])c3)CC2)cc1. The van der Waals surface area contributed by atoms with Crippen LogP contribution in [0.4, 0.5) is 16.2 Å². The maximum atomic E-state index is 12.4. The molecule has 136 valence electrons. The number of nitro benzene ring substituents is 1. The number of aryl methyl sites for hydroxylation is 1. The van der Waals surface area contributed by atoms with Crippen molar-refractivity contribution in [2.24, 2.45) is 0 Å². The van der Waals surface area contributed by atoms with Crippen molar-refractivity contribution in [2.45, 2.75) is 13.5 Å². The Hall–Kier alpha value is -2.93. The third-order valence-corrected chi connectivity index (χ3v) is 4.49. The number of urea groups is 1. The van der Waals surface area contributed by atoms with Crippen molar-refractivity contribution >= 4 is 17.4 Å². The number of anilines is 1. The number of amides is 2. The zero-order chi connectivity index (χ0) is 18.5. The van der Waals surface area contributed by atoms with E-state index in [9.17, 15) is 14.9 Å². The Morgan fingerprint density at radius 2 is 1.81 bits per heavy atom. The Morgan fingerprint density at radius 1 is 1.12 bits per heavy atom. The van der Waals surface area contributed by atoms with Crippen molar-refractivity contribution in [2.75, 3.05) is 31.5 Å². The van der Waals surface area contributed by atoms with Gasteiger partial charge in [0.1, 0.15) is 0 Å². The summed E-state index contributed by atoms with van der Waals surface area (Å²) in [5.74, 6) is 0. The lowest BCUT2D eigenvalue weighted by Gasteiger charge is -2.34. The lowest BCUT2D eigenvalue weighted by atomic mass is 10.2. The van der Waals surface area contributed by atoms with E-state index in [-0.39, 0.29) is 16.6 Å². The van der Waals surface area contributed by atoms with E-state index in [1.807, 2.05) is 37.3 Å². The van der Waals surface area contributed by atoms with Gasteiger partial charge in [0.05, 0.1) is 4.92 Å². The summed E-state index contributed by atoms with van der Waals surface area (Å²) in [6.45, 7) is 5.40. The molecule has 26 heavy (non-hydrogen) atoms. The molecular formula is C19H22N4O3. The van der Waals surface area contributed by atoms with Gasteiger partial charge in [-0.2, -0.15) is 0 Å². The Labute approximate surface area is 152 Å². The van der Waals surface area contributed by atoms with Crippen LogP contribution in [0.5, 0.6) is 0 Å². The van der Waals surface area contributed by atoms with Gasteiger partial charge in [0.25, 0.3) is 5.69 Å². The molecule has 3 rings (SSSR count). The van der Waals surface area contributed by atoms with Crippen molar-refractivity contribution in [1.82, 2.24) is 9.80 Å². The molecule has 2 aromatic rings. The maximum absolute atomic E-state index is 12.4. The van der Waals surface area contributed by atoms with Gasteiger partial charge in [0, 0.05) is 50.5 Å². The molecule has 1 aliphatic heterocycles. The second-order valence-corrected chi connectivity index (χ2v) is 6.49. The van der Waals surface area contributed by atoms with Crippen molar-refractivity contribution in [3.63, 3.8) is 0 Å². The summed E-state index contributed by atoms with van der Waals surface area (Å²) in [5.41, 5.74) is 2.97. The van der Waals surface area contributed by atoms with Crippen molar-refractivity contribution in [3.05, 3.63) is 69.8 Å². The van der Waals surface area contributed by atoms with E-state index >= 15 is 0 Å². The Balaban J connectivity index is 1.50. The molecule has 0 aromatic heterocycles. The molecule has 0 aliphatic carbocycles. The molecule has 2 amide bonds. The van der Waals surface area contributed by atoms with Gasteiger partial charge in [-0.1, -0.05) is 29.8 Å². The predicted octanol–water partition coefficient (Wildman–Crippen LogP) is 3.25. The van der Waals surface area contributed by atoms with Crippen LogP contribution in [-0.2, 0) is 6.54 Å². The van der Waals surface area contributed by atoms with Crippen molar-refractivity contribution in [3.8, 4) is 0 Å². The van der Waals surface area contributed by atoms with Gasteiger partial charge < -0.3 is 10.2 Å². The molecule has 0 spiro atoms. The number of carbonyl (C=O) groups is 1. The van der Waals surface area contributed by atoms with Crippen molar-refractivity contribution in [1.29, 1.82) is 0 Å². The Bertz CT molecular complexity index is 784. The topological polar surface area (TPSA) is 78.7 Å². The van der Waals surface area contributed by atoms with Gasteiger partial charge in [-0.3, -0.25) is 15.0 Å². The minimum Gasteiger partial charge on any atom is -0.322 e. The molecule has 1 saturated heterocycles. The van der Waals surface area contributed by atoms with E-state index in [0.717, 1.165) is 29.9 Å². The van der Waals surface area contributed by atoms with Crippen LogP contribution in [0.2, 0.25) is 0 Å². The highest BCUT2D eigenvalue weighted by atomic mass is 16.6. The first kappa shape index (κ1) is 17.9. The second-order valence-electron chi connectivity index (χ2n) is 6.49. The highest BCUT2D eigenvalue weighted by Crippen LogP contribution is 2.16. The zero-order valence-electron chi connectivity index (χ0n) is 14.7. The smallest absolute Gasteiger partial charge is 0.321 e. The number of benzene rings is 2. The number of hydrogen-bond donors (Lipinski definition) is 1. The van der Waals surface area contributed by atoms with Gasteiger partial charge in [0.2, 0.25) is 0 Å². The molecule has 7 nitrogen and oxygen atoms in total. The molecular weight excluding hydrogens is 332 g/mol. The molecule has 0 atom stereocenters. The highest BCUT2D eigenvalue weighted by Gasteiger charge is 2.21. The first-order chi connectivity index (χ1) is 12.5. The summed E-state index contributed by atoms with van der Waals surface area (Å²) < 4.78 is 0. The Kier molecular flexibility index (Phi) is 5.48. The van der Waals surface area contributed by atoms with Crippen LogP contribution in [-0.4, -0.2) is 46.9 Å². The van der Waals surface area contributed by atoms with E-state index < -0.39 is 0 Å². The maximum Gasteiger partial charge on any atom is 0.321 e. The van der Waals surface area contributed by atoms with E-state index in [2.05, 4.69) is 10.2 Å². The van der Waals surface area contributed by atoms with Crippen LogP contribution in [0.25, 0.3) is 0 Å². The highest BCUT2D eigenvalue weighted by molar-refractivity contribution is 5.89. The molecule has 1 heterocycles. The van der Waals surface area contributed by atoms with Gasteiger partial charge in [0.15, 0.2) is 0 Å². The average Bonchev–Trinajstić information content (AvgIpc) is 2.64. The fourth-order valence-corrected chi connectivity index (χ4v) is 2.98. The van der Waals surface area contributed by atoms with Crippen LogP contribution in [0.3, 0.4) is 0 Å². The molecule has 0 saturated carbocycles. The van der Waals surface area contributed by atoms with E-state index in [1.165, 1.54) is 6.07 Å². The molecule has 2 aromatic carbocycles. The summed E-state index contributed by atoms with van der Waals surface area (Å²) in [5, 5.41) is 13.8. The summed E-state index contributed by atoms with van der Waals surface area (Å²) in [7, 11) is 0. The van der Waals surface area contributed by atoms with Crippen LogP contribution in [0.15, 0.2) is 48.5 Å². The lowest BCUT2D eigenvalue weighted by molar-refractivity contribution is -0.384. The van der Waals surface area contributed by atoms with Crippen LogP contribution < -0.4 is 5.32 Å². The first-order valence-electron chi connectivity index (χ1n) is 8.59. The standard InChI is InChI=1S/C19H22N4O3/c1-15-5-7-17(8-6-15)20-19(24)22-11-9-21(10-12-22)14-16-3-2-4-18(13-16)23(25)26/h2-8,13H,9-12,14H2,1H3,(H,20,24). The molecule has 1 aliphatic rings. The number of nitro groups is 1. The molecule has 1 fully saturated rings. The summed E-state index contributed by atoms with van der Waals surface area (Å²) in [6.07, 6.45) is 0. The molecule has 0 radical (unpaired) electrons. The molecule has 0 unspecified atom stereocenters. The summed E-state index contributed by atoms with van der Waals surface area (Å²) in [6, 6.07) is 14.3. The lowest BCUT2D eigenvalue weighted by Crippen LogP contribution is -2.49. The zero-order valence-corrected chi connectivity index (χ0v) is 14.7. The fraction of sp³-hybridized carbons (Fsp3) is 0.316. The Morgan fingerprint density at radius 3 is 2.46 bits per heavy atom. The number of hydrogen-bond acceptors (Lipinski definition) is 4. The van der Waals surface area contributed by atoms with Gasteiger partial charge in [-0.05, 0) is 24.6 Å². The average molecular weight is 354 g/mol. The van der Waals surface area contributed by atoms with E-state index in [4.69, 9.17) is 0 Å². The third kappa shape index (κ3) is 4.58. The first-order valence-corrected chi connectivity index (χ1v) is 8.59. The fourth-order valence-electron chi connectivity index (χ4n) is 2.98. The minimum absolute atomic E-state index is 0.0937. The van der Waals surface area contributed by atoms with Crippen LogP contribution in [0, 0.1) is 17.0 Å². The monoisotopic (exact) mass is 354 g/mol. The number of piperazine rings is 1. The number of nitrogens with zero attached hydrogens (tertiary/aromatic N) is 3. The van der Waals surface area contributed by atoms with Crippen LogP contribution >= 0.6 is 0 Å². The molecule has 1 N–H and O–H groups in total. The van der Waals surface area contributed by atoms with E-state index in [0.29, 0.717) is 19.6 Å². The largest absolute Gasteiger partial charge is 0.322 e. The third-order valence-electron chi connectivity index (χ3n) is 4.49.